The van der Waals surface area contributed by atoms with E-state index in [1.54, 1.807) is 11.8 Å². The Bertz CT molecular complexity index is 1130. The average molecular weight is 458 g/mol. The molecule has 2 aliphatic carbocycles. The number of nitrogens with two attached hydrogens (primary N) is 1. The van der Waals surface area contributed by atoms with Crippen molar-refractivity contribution in [3.63, 3.8) is 0 Å². The van der Waals surface area contributed by atoms with Gasteiger partial charge >= 0.3 is 0 Å². The van der Waals surface area contributed by atoms with Crippen molar-refractivity contribution in [2.75, 3.05) is 16.8 Å². The number of hydrogen-bond donors (Lipinski definition) is 5. The summed E-state index contributed by atoms with van der Waals surface area (Å²) in [5.41, 5.74) is 8.86. The molecule has 2 unspecified atom stereocenters. The average Bonchev–Trinajstić information content (AvgIpc) is 3.35. The summed E-state index contributed by atoms with van der Waals surface area (Å²) < 4.78 is 1.50. The van der Waals surface area contributed by atoms with Crippen LogP contribution in [-0.2, 0) is 0 Å². The van der Waals surface area contributed by atoms with Gasteiger partial charge in [-0.25, -0.2) is 14.6 Å². The Morgan fingerprint density at radius 1 is 1.19 bits per heavy atom. The molecular formula is C21H27N7O3S. The van der Waals surface area contributed by atoms with Gasteiger partial charge in [0.05, 0.1) is 12.1 Å². The van der Waals surface area contributed by atoms with Crippen molar-refractivity contribution in [1.29, 1.82) is 0 Å². The molecule has 0 aliphatic heterocycles. The zero-order valence-corrected chi connectivity index (χ0v) is 18.5. The maximum absolute atomic E-state index is 10.4. The summed E-state index contributed by atoms with van der Waals surface area (Å²) in [6, 6.07) is 7.50. The van der Waals surface area contributed by atoms with Crippen LogP contribution in [0.2, 0.25) is 0 Å². The van der Waals surface area contributed by atoms with Crippen LogP contribution in [0.15, 0.2) is 29.4 Å². The van der Waals surface area contributed by atoms with E-state index in [1.807, 2.05) is 18.2 Å². The van der Waals surface area contributed by atoms with Crippen LogP contribution in [0.1, 0.15) is 43.7 Å². The van der Waals surface area contributed by atoms with Gasteiger partial charge in [0.2, 0.25) is 0 Å². The molecule has 3 aromatic rings. The lowest BCUT2D eigenvalue weighted by Crippen LogP contribution is -2.31. The third-order valence-electron chi connectivity index (χ3n) is 6.13. The first-order chi connectivity index (χ1) is 15.5. The topological polar surface area (TPSA) is 155 Å². The third-order valence-corrected chi connectivity index (χ3v) is 7.18. The van der Waals surface area contributed by atoms with Gasteiger partial charge in [0.1, 0.15) is 12.2 Å². The summed E-state index contributed by atoms with van der Waals surface area (Å²) in [4.78, 5) is 9.33. The number of aromatic nitrogens is 5. The molecule has 2 fully saturated rings. The number of hydrogen-bond acceptors (Lipinski definition) is 10. The van der Waals surface area contributed by atoms with Crippen LogP contribution >= 0.6 is 11.8 Å². The maximum Gasteiger partial charge on any atom is 0.191 e. The molecule has 10 nitrogen and oxygen atoms in total. The van der Waals surface area contributed by atoms with Gasteiger partial charge < -0.3 is 26.4 Å². The van der Waals surface area contributed by atoms with Crippen LogP contribution in [0.3, 0.4) is 0 Å². The van der Waals surface area contributed by atoms with Crippen LogP contribution in [0.5, 0.6) is 0 Å². The molecule has 2 saturated carbocycles. The monoisotopic (exact) mass is 457 g/mol. The fourth-order valence-corrected chi connectivity index (χ4v) is 5.00. The lowest BCUT2D eigenvalue weighted by molar-refractivity contribution is -0.0253. The highest BCUT2D eigenvalue weighted by Crippen LogP contribution is 2.44. The first kappa shape index (κ1) is 21.4. The van der Waals surface area contributed by atoms with Crippen molar-refractivity contribution in [2.45, 2.75) is 67.7 Å². The first-order valence-corrected chi connectivity index (χ1v) is 11.9. The van der Waals surface area contributed by atoms with Gasteiger partial charge in [-0.05, 0) is 30.5 Å². The summed E-state index contributed by atoms with van der Waals surface area (Å²) in [5, 5.41) is 43.0. The minimum absolute atomic E-state index is 0.172. The number of nitrogens with one attached hydrogen (secondary N) is 1. The predicted octanol–water partition coefficient (Wildman–Crippen LogP) is 1.30. The van der Waals surface area contributed by atoms with Gasteiger partial charge in [0.15, 0.2) is 22.1 Å². The molecule has 0 saturated heterocycles. The minimum Gasteiger partial charge on any atom is -0.399 e. The second-order valence-electron chi connectivity index (χ2n) is 8.52. The smallest absolute Gasteiger partial charge is 0.191 e. The molecule has 0 radical (unpaired) electrons. The zero-order chi connectivity index (χ0) is 22.4. The molecule has 2 aromatic heterocycles. The summed E-state index contributed by atoms with van der Waals surface area (Å²) in [7, 11) is 0. The second-order valence-corrected chi connectivity index (χ2v) is 9.59. The Kier molecular flexibility index (Phi) is 5.66. The molecular weight excluding hydrogens is 430 g/mol. The van der Waals surface area contributed by atoms with E-state index in [0.29, 0.717) is 28.1 Å². The quantitative estimate of drug-likeness (QED) is 0.199. The Morgan fingerprint density at radius 2 is 2.03 bits per heavy atom. The number of anilines is 2. The van der Waals surface area contributed by atoms with E-state index in [4.69, 9.17) is 10.7 Å². The zero-order valence-electron chi connectivity index (χ0n) is 17.7. The first-order valence-electron chi connectivity index (χ1n) is 10.9. The highest BCUT2D eigenvalue weighted by atomic mass is 32.2. The van der Waals surface area contributed by atoms with Gasteiger partial charge in [0.25, 0.3) is 0 Å². The second kappa shape index (κ2) is 8.47. The summed E-state index contributed by atoms with van der Waals surface area (Å²) in [5.74, 6) is 1.81. The highest BCUT2D eigenvalue weighted by Gasteiger charge is 2.43. The molecule has 6 atom stereocenters. The molecule has 0 spiro atoms. The number of aliphatic hydroxyl groups excluding tert-OH is 3. The van der Waals surface area contributed by atoms with Crippen molar-refractivity contribution in [2.24, 2.45) is 0 Å². The van der Waals surface area contributed by atoms with Crippen molar-refractivity contribution >= 4 is 34.4 Å². The lowest BCUT2D eigenvalue weighted by atomic mass is 10.1. The molecule has 170 valence electrons. The van der Waals surface area contributed by atoms with Gasteiger partial charge in [0, 0.05) is 29.8 Å². The fraction of sp³-hybridized carbons (Fsp3) is 0.524. The number of fused-ring (bicyclic) bond motifs is 1. The van der Waals surface area contributed by atoms with Crippen molar-refractivity contribution in [1.82, 2.24) is 25.0 Å². The minimum atomic E-state index is -1.22. The van der Waals surface area contributed by atoms with Crippen LogP contribution in [0.25, 0.3) is 11.2 Å². The summed E-state index contributed by atoms with van der Waals surface area (Å²) in [6.45, 7) is 2.09. The number of aliphatic hydroxyl groups is 3. The van der Waals surface area contributed by atoms with E-state index in [9.17, 15) is 15.3 Å². The molecule has 5 rings (SSSR count). The fourth-order valence-electron chi connectivity index (χ4n) is 4.31. The lowest BCUT2D eigenvalue weighted by Gasteiger charge is -2.16. The van der Waals surface area contributed by atoms with Gasteiger partial charge in [-0.15, -0.1) is 5.10 Å². The molecule has 6 N–H and O–H groups in total. The van der Waals surface area contributed by atoms with Crippen LogP contribution in [-0.4, -0.2) is 70.4 Å². The van der Waals surface area contributed by atoms with E-state index >= 15 is 0 Å². The van der Waals surface area contributed by atoms with Crippen LogP contribution < -0.4 is 11.1 Å². The Balaban J connectivity index is 1.46. The molecule has 2 aliphatic rings. The van der Waals surface area contributed by atoms with E-state index in [2.05, 4.69) is 33.6 Å². The van der Waals surface area contributed by atoms with E-state index < -0.39 is 24.4 Å². The maximum atomic E-state index is 10.4. The van der Waals surface area contributed by atoms with E-state index in [0.717, 1.165) is 24.3 Å². The van der Waals surface area contributed by atoms with Crippen LogP contribution in [0, 0.1) is 0 Å². The molecule has 0 bridgehead atoms. The molecule has 2 heterocycles. The summed E-state index contributed by atoms with van der Waals surface area (Å²) >= 11 is 1.54. The predicted molar refractivity (Wildman–Crippen MR) is 121 cm³/mol. The molecule has 1 aromatic carbocycles. The van der Waals surface area contributed by atoms with Gasteiger partial charge in [-0.3, -0.25) is 0 Å². The third kappa shape index (κ3) is 3.90. The van der Waals surface area contributed by atoms with Gasteiger partial charge in [-0.1, -0.05) is 36.0 Å². The Hall–Kier alpha value is -2.47. The number of nitrogen functional groups attached to an aromatic ring is 1. The van der Waals surface area contributed by atoms with Crippen molar-refractivity contribution < 1.29 is 15.3 Å². The number of nitrogens with zero attached hydrogens (tertiary/aromatic N) is 5. The summed E-state index contributed by atoms with van der Waals surface area (Å²) in [6.07, 6.45) is -1.28. The Morgan fingerprint density at radius 3 is 2.75 bits per heavy atom. The number of thioether (sulfide) groups is 1. The van der Waals surface area contributed by atoms with Gasteiger partial charge in [-0.2, -0.15) is 0 Å². The van der Waals surface area contributed by atoms with Crippen LogP contribution in [0.4, 0.5) is 11.5 Å². The number of rotatable bonds is 7. The van der Waals surface area contributed by atoms with Crippen molar-refractivity contribution in [3.05, 3.63) is 29.8 Å². The Labute approximate surface area is 189 Å². The largest absolute Gasteiger partial charge is 0.399 e. The SMILES string of the molecule is CCCSc1nc(NC2CC2c2cccc(N)c2)c2nnn([C@H]3C[C@@H](O)[C@H](O)[C@@H]3O)c2n1. The number of benzene rings is 1. The normalized spacial score (nSPS) is 29.5. The molecule has 11 heteroatoms. The highest BCUT2D eigenvalue weighted by molar-refractivity contribution is 7.99. The molecule has 0 amide bonds. The van der Waals surface area contributed by atoms with E-state index in [-0.39, 0.29) is 12.5 Å². The standard InChI is InChI=1S/C21H27N7O3S/c1-2-6-32-21-24-19(23-13-8-12(13)10-4-3-5-11(22)7-10)16-20(25-21)28(27-26-16)14-9-15(29)18(31)17(14)30/h3-5,7,12-15,17-18,29-31H,2,6,8-9,22H2,1H3,(H,23,24,25)/t12?,13?,14-,15+,17+,18-/m0/s1. The van der Waals surface area contributed by atoms with E-state index in [1.165, 1.54) is 10.2 Å². The van der Waals surface area contributed by atoms with Crippen molar-refractivity contribution in [3.8, 4) is 0 Å². The molecule has 32 heavy (non-hydrogen) atoms.